The molecule has 27 heavy (non-hydrogen) atoms. The number of nitrogens with one attached hydrogen (secondary N) is 1. The molecule has 6 nitrogen and oxygen atoms in total. The molecular formula is C20H14BrN5O. The SMILES string of the molecule is Brc1cccc(-n2cnc(-c3ccccc3-c3ccnc4c3CNO4)n2)c1. The maximum Gasteiger partial charge on any atom is 0.243 e. The van der Waals surface area contributed by atoms with Crippen molar-refractivity contribution < 1.29 is 4.84 Å². The maximum absolute atomic E-state index is 5.38. The van der Waals surface area contributed by atoms with Gasteiger partial charge in [-0.25, -0.2) is 14.6 Å². The Bertz CT molecular complexity index is 1140. The topological polar surface area (TPSA) is 64.9 Å². The molecule has 1 aliphatic rings. The lowest BCUT2D eigenvalue weighted by atomic mass is 9.96. The summed E-state index contributed by atoms with van der Waals surface area (Å²) in [7, 11) is 0. The van der Waals surface area contributed by atoms with E-state index in [-0.39, 0.29) is 0 Å². The van der Waals surface area contributed by atoms with E-state index < -0.39 is 0 Å². The molecule has 0 amide bonds. The van der Waals surface area contributed by atoms with Gasteiger partial charge in [-0.3, -0.25) is 0 Å². The minimum absolute atomic E-state index is 0.618. The van der Waals surface area contributed by atoms with Crippen LogP contribution in [0.1, 0.15) is 5.56 Å². The molecule has 0 radical (unpaired) electrons. The van der Waals surface area contributed by atoms with Gasteiger partial charge in [0.1, 0.15) is 6.33 Å². The number of benzene rings is 2. The lowest BCUT2D eigenvalue weighted by Gasteiger charge is -2.09. The van der Waals surface area contributed by atoms with Crippen LogP contribution in [0.4, 0.5) is 0 Å². The zero-order chi connectivity index (χ0) is 18.2. The number of hydroxylamine groups is 1. The smallest absolute Gasteiger partial charge is 0.243 e. The van der Waals surface area contributed by atoms with Crippen LogP contribution in [0.5, 0.6) is 5.88 Å². The highest BCUT2D eigenvalue weighted by molar-refractivity contribution is 9.10. The van der Waals surface area contributed by atoms with Gasteiger partial charge in [-0.05, 0) is 35.4 Å². The maximum atomic E-state index is 5.38. The summed E-state index contributed by atoms with van der Waals surface area (Å²) in [5, 5.41) is 4.69. The van der Waals surface area contributed by atoms with Crippen molar-refractivity contribution >= 4 is 15.9 Å². The lowest BCUT2D eigenvalue weighted by molar-refractivity contribution is 0.216. The van der Waals surface area contributed by atoms with E-state index in [0.29, 0.717) is 18.2 Å². The van der Waals surface area contributed by atoms with Gasteiger partial charge in [0.2, 0.25) is 5.88 Å². The Kier molecular flexibility index (Phi) is 3.95. The van der Waals surface area contributed by atoms with Gasteiger partial charge < -0.3 is 4.84 Å². The largest absolute Gasteiger partial charge is 0.388 e. The Morgan fingerprint density at radius 3 is 2.74 bits per heavy atom. The molecule has 0 bridgehead atoms. The fourth-order valence-electron chi connectivity index (χ4n) is 3.20. The van der Waals surface area contributed by atoms with E-state index in [4.69, 9.17) is 9.94 Å². The van der Waals surface area contributed by atoms with E-state index in [0.717, 1.165) is 32.4 Å². The average Bonchev–Trinajstić information content (AvgIpc) is 3.37. The second-order valence-electron chi connectivity index (χ2n) is 6.10. The summed E-state index contributed by atoms with van der Waals surface area (Å²) in [4.78, 5) is 14.2. The number of hydrogen-bond acceptors (Lipinski definition) is 5. The van der Waals surface area contributed by atoms with E-state index in [1.165, 1.54) is 0 Å². The first-order valence-electron chi connectivity index (χ1n) is 8.44. The molecule has 4 aromatic rings. The summed E-state index contributed by atoms with van der Waals surface area (Å²) in [5.74, 6) is 1.29. The Hall–Kier alpha value is -3.03. The molecule has 2 aromatic heterocycles. The molecule has 1 aliphatic heterocycles. The minimum atomic E-state index is 0.618. The molecule has 0 saturated carbocycles. The van der Waals surface area contributed by atoms with Gasteiger partial charge in [0.05, 0.1) is 12.2 Å². The van der Waals surface area contributed by atoms with Crippen LogP contribution >= 0.6 is 15.9 Å². The first kappa shape index (κ1) is 16.2. The van der Waals surface area contributed by atoms with Crippen LogP contribution < -0.4 is 10.3 Å². The minimum Gasteiger partial charge on any atom is -0.388 e. The van der Waals surface area contributed by atoms with Crippen molar-refractivity contribution in [3.05, 3.63) is 77.2 Å². The summed E-state index contributed by atoms with van der Waals surface area (Å²) < 4.78 is 2.77. The molecule has 5 rings (SSSR count). The van der Waals surface area contributed by atoms with E-state index in [1.807, 2.05) is 48.5 Å². The second kappa shape index (κ2) is 6.61. The van der Waals surface area contributed by atoms with Crippen molar-refractivity contribution in [2.45, 2.75) is 6.54 Å². The predicted molar refractivity (Wildman–Crippen MR) is 105 cm³/mol. The Morgan fingerprint density at radius 2 is 1.85 bits per heavy atom. The summed E-state index contributed by atoms with van der Waals surface area (Å²) in [5.41, 5.74) is 7.96. The fraction of sp³-hybridized carbons (Fsp3) is 0.0500. The highest BCUT2D eigenvalue weighted by Crippen LogP contribution is 2.36. The zero-order valence-electron chi connectivity index (χ0n) is 14.1. The fourth-order valence-corrected chi connectivity index (χ4v) is 3.59. The third-order valence-corrected chi connectivity index (χ3v) is 4.95. The molecule has 0 fully saturated rings. The third kappa shape index (κ3) is 2.90. The first-order chi connectivity index (χ1) is 13.3. The van der Waals surface area contributed by atoms with Crippen molar-refractivity contribution in [3.63, 3.8) is 0 Å². The van der Waals surface area contributed by atoms with Gasteiger partial charge in [0.15, 0.2) is 5.82 Å². The van der Waals surface area contributed by atoms with Crippen LogP contribution in [0.15, 0.2) is 71.6 Å². The highest BCUT2D eigenvalue weighted by atomic mass is 79.9. The van der Waals surface area contributed by atoms with Crippen LogP contribution in [0.2, 0.25) is 0 Å². The summed E-state index contributed by atoms with van der Waals surface area (Å²) in [6.07, 6.45) is 3.49. The number of hydrogen-bond donors (Lipinski definition) is 1. The van der Waals surface area contributed by atoms with Crippen LogP contribution in [-0.2, 0) is 6.54 Å². The molecule has 2 aromatic carbocycles. The molecule has 132 valence electrons. The zero-order valence-corrected chi connectivity index (χ0v) is 15.7. The molecule has 0 spiro atoms. The number of rotatable bonds is 3. The summed E-state index contributed by atoms with van der Waals surface area (Å²) in [6.45, 7) is 0.618. The van der Waals surface area contributed by atoms with Crippen LogP contribution in [0, 0.1) is 0 Å². The van der Waals surface area contributed by atoms with Crippen molar-refractivity contribution in [2.24, 2.45) is 0 Å². The van der Waals surface area contributed by atoms with Gasteiger partial charge >= 0.3 is 0 Å². The number of halogens is 1. The Balaban J connectivity index is 1.61. The number of nitrogens with zero attached hydrogens (tertiary/aromatic N) is 4. The van der Waals surface area contributed by atoms with Gasteiger partial charge in [-0.2, -0.15) is 5.48 Å². The van der Waals surface area contributed by atoms with Crippen LogP contribution in [0.25, 0.3) is 28.2 Å². The molecule has 3 heterocycles. The molecule has 7 heteroatoms. The number of pyridine rings is 1. The molecule has 1 N–H and O–H groups in total. The van der Waals surface area contributed by atoms with Crippen molar-refractivity contribution in [1.29, 1.82) is 0 Å². The average molecular weight is 420 g/mol. The quantitative estimate of drug-likeness (QED) is 0.540. The second-order valence-corrected chi connectivity index (χ2v) is 7.02. The van der Waals surface area contributed by atoms with E-state index in [1.54, 1.807) is 17.2 Å². The lowest BCUT2D eigenvalue weighted by Crippen LogP contribution is -2.08. The number of aromatic nitrogens is 4. The highest BCUT2D eigenvalue weighted by Gasteiger charge is 2.21. The normalized spacial score (nSPS) is 12.6. The summed E-state index contributed by atoms with van der Waals surface area (Å²) in [6, 6.07) is 18.1. The van der Waals surface area contributed by atoms with E-state index in [2.05, 4.69) is 37.4 Å². The van der Waals surface area contributed by atoms with E-state index in [9.17, 15) is 0 Å². The molecular weight excluding hydrogens is 406 g/mol. The van der Waals surface area contributed by atoms with Crippen LogP contribution in [-0.4, -0.2) is 19.7 Å². The van der Waals surface area contributed by atoms with Crippen LogP contribution in [0.3, 0.4) is 0 Å². The monoisotopic (exact) mass is 419 g/mol. The molecule has 0 saturated heterocycles. The van der Waals surface area contributed by atoms with Crippen molar-refractivity contribution in [3.8, 4) is 34.1 Å². The van der Waals surface area contributed by atoms with Crippen molar-refractivity contribution in [2.75, 3.05) is 0 Å². The van der Waals surface area contributed by atoms with Gasteiger partial charge in [-0.15, -0.1) is 5.10 Å². The predicted octanol–water partition coefficient (Wildman–Crippen LogP) is 4.16. The number of fused-ring (bicyclic) bond motifs is 1. The van der Waals surface area contributed by atoms with Gasteiger partial charge in [0.25, 0.3) is 0 Å². The molecule has 0 aliphatic carbocycles. The molecule has 0 unspecified atom stereocenters. The van der Waals surface area contributed by atoms with Gasteiger partial charge in [-0.1, -0.05) is 46.3 Å². The Morgan fingerprint density at radius 1 is 0.963 bits per heavy atom. The third-order valence-electron chi connectivity index (χ3n) is 4.46. The van der Waals surface area contributed by atoms with Gasteiger partial charge in [0, 0.05) is 21.8 Å². The Labute approximate surface area is 163 Å². The molecule has 0 atom stereocenters. The standard InChI is InChI=1S/C20H14BrN5O/c21-13-4-3-5-14(10-13)26-12-23-19(25-26)17-7-2-1-6-15(17)16-8-9-22-20-18(16)11-24-27-20/h1-10,12,24H,11H2. The first-order valence-corrected chi connectivity index (χ1v) is 9.24. The van der Waals surface area contributed by atoms with Crippen molar-refractivity contribution in [1.82, 2.24) is 25.2 Å². The van der Waals surface area contributed by atoms with E-state index >= 15 is 0 Å². The summed E-state index contributed by atoms with van der Waals surface area (Å²) >= 11 is 3.50.